The third kappa shape index (κ3) is 2.34. The molecular weight excluding hydrogens is 238 g/mol. The van der Waals surface area contributed by atoms with E-state index < -0.39 is 0 Å². The van der Waals surface area contributed by atoms with Gasteiger partial charge in [-0.2, -0.15) is 0 Å². The number of carbonyl (C=O) groups is 2. The number of hydrogen-bond donors (Lipinski definition) is 0. The minimum Gasteiger partial charge on any atom is -0.349 e. The van der Waals surface area contributed by atoms with E-state index in [1.807, 2.05) is 6.07 Å². The standard InChI is InChI=1S/C13H14ClNO2/c1-15(2)13(17)6-8-5-12(16)11-7-9(14)3-4-10(8)11/h3-4,7-8H,5-6H2,1-2H3. The number of nitrogens with zero attached hydrogens (tertiary/aromatic N) is 1. The summed E-state index contributed by atoms with van der Waals surface area (Å²) in [6, 6.07) is 5.32. The highest BCUT2D eigenvalue weighted by Gasteiger charge is 2.31. The van der Waals surface area contributed by atoms with Crippen LogP contribution in [0.5, 0.6) is 0 Å². The smallest absolute Gasteiger partial charge is 0.222 e. The molecule has 0 radical (unpaired) electrons. The highest BCUT2D eigenvalue weighted by molar-refractivity contribution is 6.31. The van der Waals surface area contributed by atoms with E-state index >= 15 is 0 Å². The summed E-state index contributed by atoms with van der Waals surface area (Å²) in [5.41, 5.74) is 1.63. The van der Waals surface area contributed by atoms with Gasteiger partial charge in [0, 0.05) is 43.4 Å². The van der Waals surface area contributed by atoms with E-state index in [0.717, 1.165) is 5.56 Å². The van der Waals surface area contributed by atoms with Crippen LogP contribution in [0.1, 0.15) is 34.7 Å². The molecule has 0 fully saturated rings. The van der Waals surface area contributed by atoms with Crippen molar-refractivity contribution in [3.8, 4) is 0 Å². The van der Waals surface area contributed by atoms with Crippen molar-refractivity contribution < 1.29 is 9.59 Å². The molecule has 0 aromatic heterocycles. The second kappa shape index (κ2) is 4.49. The highest BCUT2D eigenvalue weighted by Crippen LogP contribution is 2.36. The van der Waals surface area contributed by atoms with Crippen LogP contribution in [-0.4, -0.2) is 30.7 Å². The van der Waals surface area contributed by atoms with Gasteiger partial charge in [-0.1, -0.05) is 17.7 Å². The first kappa shape index (κ1) is 12.1. The van der Waals surface area contributed by atoms with Crippen molar-refractivity contribution in [1.82, 2.24) is 4.90 Å². The number of fused-ring (bicyclic) bond motifs is 1. The van der Waals surface area contributed by atoms with Crippen LogP contribution in [0.25, 0.3) is 0 Å². The fourth-order valence-electron chi connectivity index (χ4n) is 2.15. The number of amides is 1. The molecule has 1 aromatic carbocycles. The highest BCUT2D eigenvalue weighted by atomic mass is 35.5. The SMILES string of the molecule is CN(C)C(=O)CC1CC(=O)c2cc(Cl)ccc21. The molecule has 0 N–H and O–H groups in total. The van der Waals surface area contributed by atoms with Crippen LogP contribution in [0.4, 0.5) is 0 Å². The Morgan fingerprint density at radius 3 is 2.82 bits per heavy atom. The molecule has 0 heterocycles. The predicted molar refractivity (Wildman–Crippen MR) is 66.5 cm³/mol. The molecule has 0 saturated heterocycles. The molecule has 90 valence electrons. The summed E-state index contributed by atoms with van der Waals surface area (Å²) in [7, 11) is 3.45. The minimum absolute atomic E-state index is 0.00432. The second-order valence-electron chi connectivity index (χ2n) is 4.55. The van der Waals surface area contributed by atoms with E-state index in [1.165, 1.54) is 0 Å². The summed E-state index contributed by atoms with van der Waals surface area (Å²) in [4.78, 5) is 25.0. The lowest BCUT2D eigenvalue weighted by atomic mass is 9.97. The normalized spacial score (nSPS) is 18.1. The molecule has 3 nitrogen and oxygen atoms in total. The molecule has 1 amide bonds. The Kier molecular flexibility index (Phi) is 3.20. The number of carbonyl (C=O) groups excluding carboxylic acids is 2. The van der Waals surface area contributed by atoms with E-state index in [-0.39, 0.29) is 17.6 Å². The van der Waals surface area contributed by atoms with E-state index in [0.29, 0.717) is 23.4 Å². The van der Waals surface area contributed by atoms with Crippen molar-refractivity contribution in [2.45, 2.75) is 18.8 Å². The molecule has 1 aliphatic rings. The van der Waals surface area contributed by atoms with Gasteiger partial charge < -0.3 is 4.90 Å². The third-order valence-corrected chi connectivity index (χ3v) is 3.34. The molecule has 2 rings (SSSR count). The quantitative estimate of drug-likeness (QED) is 0.810. The zero-order valence-electron chi connectivity index (χ0n) is 9.87. The zero-order valence-corrected chi connectivity index (χ0v) is 10.6. The average Bonchev–Trinajstić information content (AvgIpc) is 2.55. The van der Waals surface area contributed by atoms with Gasteiger partial charge in [0.15, 0.2) is 5.78 Å². The number of ketones is 1. The lowest BCUT2D eigenvalue weighted by Crippen LogP contribution is -2.23. The van der Waals surface area contributed by atoms with Crippen molar-refractivity contribution in [1.29, 1.82) is 0 Å². The Labute approximate surface area is 105 Å². The summed E-state index contributed by atoms with van der Waals surface area (Å²) in [6.45, 7) is 0. The van der Waals surface area contributed by atoms with Crippen molar-refractivity contribution in [3.63, 3.8) is 0 Å². The number of halogens is 1. The molecule has 17 heavy (non-hydrogen) atoms. The van der Waals surface area contributed by atoms with E-state index in [4.69, 9.17) is 11.6 Å². The van der Waals surface area contributed by atoms with Crippen molar-refractivity contribution in [3.05, 3.63) is 34.3 Å². The Morgan fingerprint density at radius 2 is 2.18 bits per heavy atom. The number of hydrogen-bond acceptors (Lipinski definition) is 2. The maximum atomic E-state index is 11.8. The molecule has 1 aliphatic carbocycles. The lowest BCUT2D eigenvalue weighted by molar-refractivity contribution is -0.129. The van der Waals surface area contributed by atoms with E-state index in [1.54, 1.807) is 31.1 Å². The molecule has 0 spiro atoms. The summed E-state index contributed by atoms with van der Waals surface area (Å²) in [5, 5.41) is 0.566. The monoisotopic (exact) mass is 251 g/mol. The van der Waals surface area contributed by atoms with Crippen LogP contribution >= 0.6 is 11.6 Å². The molecule has 1 unspecified atom stereocenters. The average molecular weight is 252 g/mol. The molecule has 4 heteroatoms. The van der Waals surface area contributed by atoms with Crippen LogP contribution in [0.2, 0.25) is 5.02 Å². The van der Waals surface area contributed by atoms with Crippen LogP contribution in [-0.2, 0) is 4.79 Å². The number of rotatable bonds is 2. The van der Waals surface area contributed by atoms with E-state index in [2.05, 4.69) is 0 Å². The third-order valence-electron chi connectivity index (χ3n) is 3.11. The van der Waals surface area contributed by atoms with Gasteiger partial charge in [0.2, 0.25) is 5.91 Å². The van der Waals surface area contributed by atoms with Gasteiger partial charge in [-0.15, -0.1) is 0 Å². The van der Waals surface area contributed by atoms with Crippen LogP contribution in [0, 0.1) is 0 Å². The van der Waals surface area contributed by atoms with Gasteiger partial charge in [-0.25, -0.2) is 0 Å². The Hall–Kier alpha value is -1.35. The second-order valence-corrected chi connectivity index (χ2v) is 4.98. The Bertz CT molecular complexity index is 482. The molecule has 0 aliphatic heterocycles. The van der Waals surface area contributed by atoms with Crippen LogP contribution in [0.3, 0.4) is 0 Å². The molecule has 0 bridgehead atoms. The van der Waals surface area contributed by atoms with E-state index in [9.17, 15) is 9.59 Å². The summed E-state index contributed by atoms with van der Waals surface area (Å²) in [6.07, 6.45) is 0.794. The fraction of sp³-hybridized carbons (Fsp3) is 0.385. The van der Waals surface area contributed by atoms with Gasteiger partial charge in [-0.05, 0) is 17.7 Å². The summed E-state index contributed by atoms with van der Waals surface area (Å²) in [5.74, 6) is 0.134. The lowest BCUT2D eigenvalue weighted by Gasteiger charge is -2.14. The van der Waals surface area contributed by atoms with Crippen molar-refractivity contribution in [2.75, 3.05) is 14.1 Å². The van der Waals surface area contributed by atoms with Crippen LogP contribution in [0.15, 0.2) is 18.2 Å². The van der Waals surface area contributed by atoms with Gasteiger partial charge in [0.05, 0.1) is 0 Å². The van der Waals surface area contributed by atoms with Crippen LogP contribution < -0.4 is 0 Å². The maximum Gasteiger partial charge on any atom is 0.222 e. The first-order valence-electron chi connectivity index (χ1n) is 5.52. The first-order valence-corrected chi connectivity index (χ1v) is 5.89. The molecular formula is C13H14ClNO2. The van der Waals surface area contributed by atoms with Gasteiger partial charge >= 0.3 is 0 Å². The molecule has 1 aromatic rings. The molecule has 1 atom stereocenters. The number of benzene rings is 1. The predicted octanol–water partition coefficient (Wildman–Crippen LogP) is 2.49. The fourth-order valence-corrected chi connectivity index (χ4v) is 2.32. The molecule has 0 saturated carbocycles. The topological polar surface area (TPSA) is 37.4 Å². The minimum atomic E-state index is 0.00432. The van der Waals surface area contributed by atoms with Gasteiger partial charge in [0.1, 0.15) is 0 Å². The summed E-state index contributed by atoms with van der Waals surface area (Å²) >= 11 is 5.87. The van der Waals surface area contributed by atoms with Gasteiger partial charge in [0.25, 0.3) is 0 Å². The maximum absolute atomic E-state index is 11.8. The summed E-state index contributed by atoms with van der Waals surface area (Å²) < 4.78 is 0. The first-order chi connectivity index (χ1) is 7.99. The van der Waals surface area contributed by atoms with Gasteiger partial charge in [-0.3, -0.25) is 9.59 Å². The number of Topliss-reactive ketones (excluding diaryl/α,β-unsaturated/α-hetero) is 1. The Morgan fingerprint density at radius 1 is 1.47 bits per heavy atom. The zero-order chi connectivity index (χ0) is 12.6. The van der Waals surface area contributed by atoms with Crippen molar-refractivity contribution >= 4 is 23.3 Å². The Balaban J connectivity index is 2.25. The van der Waals surface area contributed by atoms with Crippen molar-refractivity contribution in [2.24, 2.45) is 0 Å². The largest absolute Gasteiger partial charge is 0.349 e.